The quantitative estimate of drug-likeness (QED) is 0.0594. The highest BCUT2D eigenvalue weighted by atomic mass is 16.6. The van der Waals surface area contributed by atoms with Gasteiger partial charge in [0.05, 0.1) is 38.3 Å². The van der Waals surface area contributed by atoms with Crippen molar-refractivity contribution in [2.75, 3.05) is 23.8 Å². The smallest absolute Gasteiger partial charge is 0.306 e. The summed E-state index contributed by atoms with van der Waals surface area (Å²) in [5, 5.41) is 6.62. The molecular formula is C74H88N2O10. The van der Waals surface area contributed by atoms with Crippen LogP contribution < -0.4 is 20.1 Å². The Bertz CT molecular complexity index is 3000. The van der Waals surface area contributed by atoms with E-state index in [1.807, 2.05) is 97.1 Å². The van der Waals surface area contributed by atoms with E-state index in [1.165, 1.54) is 12.8 Å². The Kier molecular flexibility index (Phi) is 20.5. The molecule has 2 aliphatic heterocycles. The van der Waals surface area contributed by atoms with E-state index in [-0.39, 0.29) is 85.6 Å². The Morgan fingerprint density at radius 1 is 0.465 bits per heavy atom. The zero-order valence-electron chi connectivity index (χ0n) is 51.4. The lowest BCUT2D eigenvalue weighted by Crippen LogP contribution is -2.30. The van der Waals surface area contributed by atoms with E-state index >= 15 is 0 Å². The van der Waals surface area contributed by atoms with Gasteiger partial charge >= 0.3 is 11.9 Å². The Balaban J connectivity index is 0.777. The number of para-hydroxylation sites is 4. The molecule has 12 heteroatoms. The zero-order valence-corrected chi connectivity index (χ0v) is 51.4. The van der Waals surface area contributed by atoms with Gasteiger partial charge in [0, 0.05) is 58.3 Å². The summed E-state index contributed by atoms with van der Waals surface area (Å²) in [4.78, 5) is 56.0. The number of ether oxygens (including phenoxy) is 6. The standard InChI is InChI=1S/C74H88N2O10/c1-73(2,3)61-39-35-49(43-63(61)75-69(77)45-59-55-25-13-17-29-65(55)85-66-30-18-14-26-56(59)66)33-37-53(47-81-51-21-9-7-10-22-51)83-71(79)41-42-72(80)84-54(48-82-52-23-11-8-12-24-52)38-34-50-36-40-62(74(4,5)6)64(44-50)76-70(78)46-60-57-27-15-19-31-67(57)86-68-32-20-16-28-58(60)68/h13-20,25-32,35-36,39-40,43-44,51-54,59-60H,7-12,21-24,33-34,37-38,41-42,45-48H2,1-6H3,(H,75,77)(H,76,78). The zero-order chi connectivity index (χ0) is 60.2. The van der Waals surface area contributed by atoms with Gasteiger partial charge < -0.3 is 39.1 Å². The third-order valence-electron chi connectivity index (χ3n) is 17.5. The summed E-state index contributed by atoms with van der Waals surface area (Å²) in [5.74, 6) is 1.54. The van der Waals surface area contributed by atoms with Crippen LogP contribution in [0.25, 0.3) is 0 Å². The molecule has 2 aliphatic carbocycles. The number of hydrogen-bond acceptors (Lipinski definition) is 10. The maximum Gasteiger partial charge on any atom is 0.306 e. The lowest BCUT2D eigenvalue weighted by atomic mass is 9.84. The second-order valence-electron chi connectivity index (χ2n) is 26.2. The molecule has 454 valence electrons. The van der Waals surface area contributed by atoms with E-state index in [2.05, 4.69) is 88.6 Å². The Morgan fingerprint density at radius 2 is 0.802 bits per heavy atom. The summed E-state index contributed by atoms with van der Waals surface area (Å²) in [6, 6.07) is 44.2. The van der Waals surface area contributed by atoms with Gasteiger partial charge in [-0.15, -0.1) is 0 Å². The predicted octanol–water partition coefficient (Wildman–Crippen LogP) is 16.7. The second-order valence-corrected chi connectivity index (χ2v) is 26.2. The first-order chi connectivity index (χ1) is 41.5. The summed E-state index contributed by atoms with van der Waals surface area (Å²) in [6.07, 6.45) is 12.1. The molecule has 2 saturated carbocycles. The first kappa shape index (κ1) is 61.8. The van der Waals surface area contributed by atoms with Gasteiger partial charge in [-0.25, -0.2) is 0 Å². The van der Waals surface area contributed by atoms with Crippen LogP contribution >= 0.6 is 0 Å². The number of amides is 2. The van der Waals surface area contributed by atoms with Crippen LogP contribution in [0.15, 0.2) is 133 Å². The van der Waals surface area contributed by atoms with E-state index in [0.29, 0.717) is 25.7 Å². The molecule has 2 heterocycles. The molecule has 0 bridgehead atoms. The minimum absolute atomic E-state index is 0.0957. The number of nitrogens with one attached hydrogen (secondary N) is 2. The highest BCUT2D eigenvalue weighted by Crippen LogP contribution is 2.47. The fraction of sp³-hybridized carbons (Fsp3) is 0.459. The van der Waals surface area contributed by atoms with Crippen molar-refractivity contribution in [3.63, 3.8) is 0 Å². The number of carbonyl (C=O) groups excluding carboxylic acids is 4. The number of carbonyl (C=O) groups is 4. The summed E-state index contributed by atoms with van der Waals surface area (Å²) in [6.45, 7) is 13.3. The van der Waals surface area contributed by atoms with Gasteiger partial charge in [-0.2, -0.15) is 0 Å². The number of benzene rings is 6. The number of anilines is 2. The van der Waals surface area contributed by atoms with Crippen molar-refractivity contribution < 1.29 is 47.6 Å². The van der Waals surface area contributed by atoms with Gasteiger partial charge in [0.1, 0.15) is 35.2 Å². The molecule has 2 fully saturated rings. The molecule has 0 saturated heterocycles. The molecule has 12 nitrogen and oxygen atoms in total. The average Bonchev–Trinajstić information content (AvgIpc) is 1.40. The minimum Gasteiger partial charge on any atom is -0.460 e. The Labute approximate surface area is 509 Å². The number of fused-ring (bicyclic) bond motifs is 4. The lowest BCUT2D eigenvalue weighted by molar-refractivity contribution is -0.161. The second kappa shape index (κ2) is 28.5. The van der Waals surface area contributed by atoms with Gasteiger partial charge in [-0.3, -0.25) is 19.2 Å². The van der Waals surface area contributed by atoms with Crippen molar-refractivity contribution in [3.8, 4) is 23.0 Å². The summed E-state index contributed by atoms with van der Waals surface area (Å²) in [7, 11) is 0. The number of hydrogen-bond donors (Lipinski definition) is 2. The van der Waals surface area contributed by atoms with Crippen LogP contribution in [0, 0.1) is 0 Å². The molecule has 4 aliphatic rings. The molecule has 2 N–H and O–H groups in total. The van der Waals surface area contributed by atoms with E-state index in [9.17, 15) is 19.2 Å². The van der Waals surface area contributed by atoms with Crippen molar-refractivity contribution >= 4 is 35.1 Å². The molecule has 86 heavy (non-hydrogen) atoms. The average molecular weight is 1170 g/mol. The highest BCUT2D eigenvalue weighted by molar-refractivity contribution is 5.94. The van der Waals surface area contributed by atoms with Gasteiger partial charge in [0.15, 0.2) is 0 Å². The largest absolute Gasteiger partial charge is 0.460 e. The van der Waals surface area contributed by atoms with E-state index in [0.717, 1.165) is 130 Å². The highest BCUT2D eigenvalue weighted by Gasteiger charge is 2.33. The summed E-state index contributed by atoms with van der Waals surface area (Å²) in [5.41, 5.74) is 8.96. The molecule has 6 aromatic rings. The maximum atomic E-state index is 14.2. The molecule has 6 aromatic carbocycles. The molecule has 0 radical (unpaired) electrons. The topological polar surface area (TPSA) is 148 Å². The third-order valence-corrected chi connectivity index (χ3v) is 17.5. The maximum absolute atomic E-state index is 14.2. The van der Waals surface area contributed by atoms with Crippen LogP contribution in [0.5, 0.6) is 23.0 Å². The van der Waals surface area contributed by atoms with Crippen LogP contribution in [-0.2, 0) is 61.8 Å². The van der Waals surface area contributed by atoms with Crippen LogP contribution in [0.1, 0.15) is 201 Å². The molecular weight excluding hydrogens is 1080 g/mol. The SMILES string of the molecule is CC(C)(C)c1ccc(CCC(COC2CCCCC2)OC(=O)CCC(=O)OC(CCc2ccc(C(C)(C)C)c(NC(=O)CC3c4ccccc4Oc4ccccc43)c2)COC2CCCCC2)cc1NC(=O)CC1c2ccccc2Oc2ccccc21. The normalized spacial score (nSPS) is 16.2. The van der Waals surface area contributed by atoms with Crippen LogP contribution in [-0.4, -0.2) is 61.4 Å². The number of rotatable bonds is 23. The van der Waals surface area contributed by atoms with Gasteiger partial charge in [0.25, 0.3) is 0 Å². The van der Waals surface area contributed by atoms with Crippen molar-refractivity contribution in [1.29, 1.82) is 0 Å². The molecule has 2 amide bonds. The number of esters is 2. The molecule has 2 unspecified atom stereocenters. The van der Waals surface area contributed by atoms with Crippen LogP contribution in [0.2, 0.25) is 0 Å². The van der Waals surface area contributed by atoms with E-state index in [4.69, 9.17) is 28.4 Å². The monoisotopic (exact) mass is 1160 g/mol. The molecule has 2 atom stereocenters. The minimum atomic E-state index is -0.555. The molecule has 0 aromatic heterocycles. The fourth-order valence-corrected chi connectivity index (χ4v) is 12.9. The summed E-state index contributed by atoms with van der Waals surface area (Å²) >= 11 is 0. The van der Waals surface area contributed by atoms with Crippen molar-refractivity contribution in [3.05, 3.63) is 178 Å². The third kappa shape index (κ3) is 16.4. The van der Waals surface area contributed by atoms with Crippen LogP contribution in [0.4, 0.5) is 11.4 Å². The predicted molar refractivity (Wildman–Crippen MR) is 338 cm³/mol. The van der Waals surface area contributed by atoms with E-state index in [1.54, 1.807) is 0 Å². The molecule has 0 spiro atoms. The van der Waals surface area contributed by atoms with Crippen molar-refractivity contribution in [2.24, 2.45) is 0 Å². The fourth-order valence-electron chi connectivity index (χ4n) is 12.9. The first-order valence-electron chi connectivity index (χ1n) is 31.7. The van der Waals surface area contributed by atoms with Crippen LogP contribution in [0.3, 0.4) is 0 Å². The summed E-state index contributed by atoms with van der Waals surface area (Å²) < 4.78 is 37.8. The Hall–Kier alpha value is -7.28. The van der Waals surface area contributed by atoms with Gasteiger partial charge in [-0.1, -0.05) is 177 Å². The van der Waals surface area contributed by atoms with Crippen molar-refractivity contribution in [2.45, 2.75) is 204 Å². The number of aryl methyl sites for hydroxylation is 2. The molecule has 10 rings (SSSR count). The lowest BCUT2D eigenvalue weighted by Gasteiger charge is -2.28. The van der Waals surface area contributed by atoms with E-state index < -0.39 is 24.1 Å². The van der Waals surface area contributed by atoms with Gasteiger partial charge in [0.2, 0.25) is 11.8 Å². The first-order valence-corrected chi connectivity index (χ1v) is 31.7. The van der Waals surface area contributed by atoms with Crippen molar-refractivity contribution in [1.82, 2.24) is 0 Å². The van der Waals surface area contributed by atoms with Gasteiger partial charge in [-0.05, 0) is 121 Å². The Morgan fingerprint density at radius 3 is 1.14 bits per heavy atom.